The van der Waals surface area contributed by atoms with E-state index in [9.17, 15) is 14.3 Å². The minimum absolute atomic E-state index is 0.0965. The molecule has 0 bridgehead atoms. The lowest BCUT2D eigenvalue weighted by molar-refractivity contribution is -0.385. The van der Waals surface area contributed by atoms with Crippen molar-refractivity contribution in [3.8, 4) is 0 Å². The van der Waals surface area contributed by atoms with Crippen molar-refractivity contribution in [1.82, 2.24) is 0 Å². The molecule has 0 aliphatic rings. The van der Waals surface area contributed by atoms with E-state index in [0.29, 0.717) is 4.90 Å². The average Bonchev–Trinajstić information content (AvgIpc) is 2.46. The van der Waals surface area contributed by atoms with E-state index in [1.54, 1.807) is 6.07 Å². The minimum Gasteiger partial charge on any atom is -0.258 e. The highest BCUT2D eigenvalue weighted by atomic mass is 32.2. The number of non-ortho nitro benzene ring substituents is 1. The van der Waals surface area contributed by atoms with Gasteiger partial charge >= 0.3 is 0 Å². The SMILES string of the molecule is O=[N+]([O-])c1cccc(S(=O)/N=C/c2ccccc2)c1. The molecule has 0 radical (unpaired) electrons. The molecule has 0 saturated heterocycles. The Kier molecular flexibility index (Phi) is 4.15. The van der Waals surface area contributed by atoms with Crippen LogP contribution in [0.1, 0.15) is 5.56 Å². The van der Waals surface area contributed by atoms with Crippen LogP contribution in [0, 0.1) is 10.1 Å². The Bertz CT molecular complexity index is 641. The molecule has 96 valence electrons. The number of nitro groups is 1. The molecule has 5 nitrogen and oxygen atoms in total. The predicted molar refractivity (Wildman–Crippen MR) is 73.5 cm³/mol. The third-order valence-corrected chi connectivity index (χ3v) is 3.28. The summed E-state index contributed by atoms with van der Waals surface area (Å²) in [5.41, 5.74) is 0.724. The van der Waals surface area contributed by atoms with Gasteiger partial charge in [-0.15, -0.1) is 0 Å². The molecule has 1 unspecified atom stereocenters. The third-order valence-electron chi connectivity index (χ3n) is 2.33. The van der Waals surface area contributed by atoms with Crippen LogP contribution < -0.4 is 0 Å². The summed E-state index contributed by atoms with van der Waals surface area (Å²) in [5.74, 6) is 0. The second kappa shape index (κ2) is 6.01. The van der Waals surface area contributed by atoms with Crippen LogP contribution in [-0.2, 0) is 11.0 Å². The Morgan fingerprint density at radius 2 is 1.84 bits per heavy atom. The van der Waals surface area contributed by atoms with Gasteiger partial charge in [0, 0.05) is 18.3 Å². The van der Waals surface area contributed by atoms with E-state index in [4.69, 9.17) is 0 Å². The molecule has 19 heavy (non-hydrogen) atoms. The Labute approximate surface area is 112 Å². The maximum Gasteiger partial charge on any atom is 0.270 e. The summed E-state index contributed by atoms with van der Waals surface area (Å²) in [6.07, 6.45) is 1.48. The van der Waals surface area contributed by atoms with Gasteiger partial charge in [-0.05, 0) is 11.6 Å². The van der Waals surface area contributed by atoms with Gasteiger partial charge in [-0.3, -0.25) is 10.1 Å². The van der Waals surface area contributed by atoms with Crippen LogP contribution in [0.2, 0.25) is 0 Å². The molecule has 1 atom stereocenters. The number of benzene rings is 2. The van der Waals surface area contributed by atoms with Gasteiger partial charge in [-0.2, -0.15) is 4.40 Å². The summed E-state index contributed by atoms with van der Waals surface area (Å²) in [6.45, 7) is 0. The first kappa shape index (κ1) is 13.1. The van der Waals surface area contributed by atoms with Crippen molar-refractivity contribution >= 4 is 22.9 Å². The maximum absolute atomic E-state index is 11.9. The van der Waals surface area contributed by atoms with Gasteiger partial charge in [0.1, 0.15) is 0 Å². The van der Waals surface area contributed by atoms with E-state index in [1.165, 1.54) is 24.4 Å². The number of rotatable bonds is 4. The monoisotopic (exact) mass is 274 g/mol. The first-order chi connectivity index (χ1) is 9.16. The van der Waals surface area contributed by atoms with Crippen LogP contribution in [0.25, 0.3) is 0 Å². The molecule has 0 heterocycles. The molecule has 0 amide bonds. The highest BCUT2D eigenvalue weighted by Crippen LogP contribution is 2.16. The van der Waals surface area contributed by atoms with Crippen LogP contribution in [0.4, 0.5) is 5.69 Å². The summed E-state index contributed by atoms with van der Waals surface area (Å²) >= 11 is 0. The Morgan fingerprint density at radius 1 is 1.11 bits per heavy atom. The normalized spacial score (nSPS) is 12.4. The molecular formula is C13H10N2O3S. The highest BCUT2D eigenvalue weighted by molar-refractivity contribution is 7.83. The van der Waals surface area contributed by atoms with Gasteiger partial charge < -0.3 is 0 Å². The fourth-order valence-corrected chi connectivity index (χ4v) is 2.17. The lowest BCUT2D eigenvalue weighted by Crippen LogP contribution is -1.92. The fourth-order valence-electron chi connectivity index (χ4n) is 1.41. The number of hydrogen-bond acceptors (Lipinski definition) is 3. The average molecular weight is 274 g/mol. The van der Waals surface area contributed by atoms with Crippen LogP contribution in [0.15, 0.2) is 63.9 Å². The van der Waals surface area contributed by atoms with Crippen molar-refractivity contribution < 1.29 is 9.13 Å². The molecule has 6 heteroatoms. The first-order valence-corrected chi connectivity index (χ1v) is 6.53. The molecule has 0 aliphatic heterocycles. The van der Waals surface area contributed by atoms with Gasteiger partial charge in [0.25, 0.3) is 5.69 Å². The first-order valence-electron chi connectivity index (χ1n) is 5.42. The third kappa shape index (κ3) is 3.56. The van der Waals surface area contributed by atoms with Gasteiger partial charge in [-0.1, -0.05) is 36.4 Å². The standard InChI is InChI=1S/C13H10N2O3S/c16-15(17)12-7-4-8-13(9-12)19(18)14-10-11-5-2-1-3-6-11/h1-10H/b14-10+. The second-order valence-electron chi connectivity index (χ2n) is 3.65. The highest BCUT2D eigenvalue weighted by Gasteiger charge is 2.09. The Morgan fingerprint density at radius 3 is 2.53 bits per heavy atom. The summed E-state index contributed by atoms with van der Waals surface area (Å²) in [6, 6.07) is 14.9. The largest absolute Gasteiger partial charge is 0.270 e. The lowest BCUT2D eigenvalue weighted by Gasteiger charge is -1.96. The van der Waals surface area contributed by atoms with E-state index in [0.717, 1.165) is 5.56 Å². The van der Waals surface area contributed by atoms with Gasteiger partial charge in [0.05, 0.1) is 9.82 Å². The topological polar surface area (TPSA) is 72.6 Å². The van der Waals surface area contributed by atoms with Gasteiger partial charge in [0.2, 0.25) is 0 Å². The molecule has 2 aromatic carbocycles. The van der Waals surface area contributed by atoms with Crippen molar-refractivity contribution in [2.75, 3.05) is 0 Å². The van der Waals surface area contributed by atoms with Crippen LogP contribution >= 0.6 is 0 Å². The zero-order valence-corrected chi connectivity index (χ0v) is 10.6. The summed E-state index contributed by atoms with van der Waals surface area (Å²) in [5, 5.41) is 10.6. The Hall–Kier alpha value is -2.34. The molecule has 0 spiro atoms. The van der Waals surface area contributed by atoms with E-state index in [2.05, 4.69) is 4.40 Å². The maximum atomic E-state index is 11.9. The zero-order chi connectivity index (χ0) is 13.7. The van der Waals surface area contributed by atoms with Crippen molar-refractivity contribution in [2.24, 2.45) is 4.40 Å². The number of nitro benzene ring substituents is 1. The van der Waals surface area contributed by atoms with Crippen LogP contribution in [0.5, 0.6) is 0 Å². The van der Waals surface area contributed by atoms with E-state index in [1.807, 2.05) is 30.3 Å². The number of hydrogen-bond donors (Lipinski definition) is 0. The quantitative estimate of drug-likeness (QED) is 0.489. The summed E-state index contributed by atoms with van der Waals surface area (Å²) in [4.78, 5) is 10.4. The van der Waals surface area contributed by atoms with Crippen molar-refractivity contribution in [1.29, 1.82) is 0 Å². The van der Waals surface area contributed by atoms with Crippen molar-refractivity contribution in [3.05, 3.63) is 70.3 Å². The molecule has 0 fully saturated rings. The van der Waals surface area contributed by atoms with Gasteiger partial charge in [0.15, 0.2) is 11.0 Å². The van der Waals surface area contributed by atoms with Gasteiger partial charge in [-0.25, -0.2) is 4.21 Å². The van der Waals surface area contributed by atoms with E-state index < -0.39 is 15.9 Å². The van der Waals surface area contributed by atoms with Crippen molar-refractivity contribution in [3.63, 3.8) is 0 Å². The molecule has 0 saturated carbocycles. The smallest absolute Gasteiger partial charge is 0.258 e. The molecule has 0 N–H and O–H groups in total. The molecule has 0 aromatic heterocycles. The van der Waals surface area contributed by atoms with E-state index in [-0.39, 0.29) is 5.69 Å². The summed E-state index contributed by atoms with van der Waals surface area (Å²) < 4.78 is 15.8. The summed E-state index contributed by atoms with van der Waals surface area (Å²) in [7, 11) is -1.65. The molecule has 2 rings (SSSR count). The predicted octanol–water partition coefficient (Wildman–Crippen LogP) is 2.74. The lowest BCUT2D eigenvalue weighted by atomic mass is 10.2. The van der Waals surface area contributed by atoms with Crippen molar-refractivity contribution in [2.45, 2.75) is 4.90 Å². The van der Waals surface area contributed by atoms with Crippen LogP contribution in [-0.4, -0.2) is 15.3 Å². The fraction of sp³-hybridized carbons (Fsp3) is 0. The second-order valence-corrected chi connectivity index (χ2v) is 4.83. The molecule has 0 aliphatic carbocycles. The number of nitrogens with zero attached hydrogens (tertiary/aromatic N) is 2. The van der Waals surface area contributed by atoms with Crippen LogP contribution in [0.3, 0.4) is 0 Å². The minimum atomic E-state index is -1.65. The molecule has 2 aromatic rings. The van der Waals surface area contributed by atoms with E-state index >= 15 is 0 Å². The molecular weight excluding hydrogens is 264 g/mol. The zero-order valence-electron chi connectivity index (χ0n) is 9.80. The Balaban J connectivity index is 2.18.